The van der Waals surface area contributed by atoms with Crippen LogP contribution in [-0.4, -0.2) is 28.0 Å². The summed E-state index contributed by atoms with van der Waals surface area (Å²) in [5.41, 5.74) is 2.55. The van der Waals surface area contributed by atoms with Gasteiger partial charge in [-0.2, -0.15) is 0 Å². The van der Waals surface area contributed by atoms with Crippen LogP contribution in [0, 0.1) is 0 Å². The van der Waals surface area contributed by atoms with Crippen LogP contribution in [0.4, 0.5) is 0 Å². The number of aromatic nitrogens is 1. The monoisotopic (exact) mass is 277 g/mol. The summed E-state index contributed by atoms with van der Waals surface area (Å²) in [6, 6.07) is 4.91. The minimum atomic E-state index is 0.147. The lowest BCUT2D eigenvalue weighted by molar-refractivity contribution is 0.211. The summed E-state index contributed by atoms with van der Waals surface area (Å²) in [6.07, 6.45) is 3.18. The molecule has 0 bridgehead atoms. The molecule has 3 nitrogen and oxygen atoms in total. The van der Waals surface area contributed by atoms with Crippen LogP contribution >= 0.6 is 0 Å². The van der Waals surface area contributed by atoms with Crippen molar-refractivity contribution >= 4 is 0 Å². The van der Waals surface area contributed by atoms with Crippen LogP contribution in [0.5, 0.6) is 0 Å². The Bertz CT molecular complexity index is 376. The van der Waals surface area contributed by atoms with Crippen LogP contribution in [0.3, 0.4) is 0 Å². The maximum absolute atomic E-state index is 4.60. The molecule has 0 radical (unpaired) electrons. The highest BCUT2D eigenvalue weighted by Crippen LogP contribution is 2.09. The van der Waals surface area contributed by atoms with Gasteiger partial charge in [0.1, 0.15) is 0 Å². The lowest BCUT2D eigenvalue weighted by atomic mass is 10.1. The zero-order valence-electron chi connectivity index (χ0n) is 14.0. The Balaban J connectivity index is 2.57. The van der Waals surface area contributed by atoms with E-state index in [1.54, 1.807) is 0 Å². The normalized spacial score (nSPS) is 12.4. The zero-order chi connectivity index (χ0) is 15.2. The van der Waals surface area contributed by atoms with Crippen LogP contribution in [-0.2, 0) is 13.1 Å². The SMILES string of the molecule is CCCN(Cc1ccc(CNC(C)(C)C)cn1)C(C)C. The van der Waals surface area contributed by atoms with Crippen molar-refractivity contribution in [3.8, 4) is 0 Å². The minimum Gasteiger partial charge on any atom is -0.308 e. The molecule has 0 aliphatic rings. The first-order valence-corrected chi connectivity index (χ1v) is 7.74. The first-order chi connectivity index (χ1) is 9.31. The van der Waals surface area contributed by atoms with Gasteiger partial charge < -0.3 is 5.32 Å². The fraction of sp³-hybridized carbons (Fsp3) is 0.706. The molecule has 0 saturated heterocycles. The Hall–Kier alpha value is -0.930. The first-order valence-electron chi connectivity index (χ1n) is 7.74. The predicted octanol–water partition coefficient (Wildman–Crippen LogP) is 3.59. The zero-order valence-corrected chi connectivity index (χ0v) is 14.0. The number of nitrogens with zero attached hydrogens (tertiary/aromatic N) is 2. The van der Waals surface area contributed by atoms with E-state index in [4.69, 9.17) is 0 Å². The molecule has 20 heavy (non-hydrogen) atoms. The van der Waals surface area contributed by atoms with Gasteiger partial charge >= 0.3 is 0 Å². The van der Waals surface area contributed by atoms with Gasteiger partial charge in [0, 0.05) is 30.9 Å². The number of rotatable bonds is 7. The summed E-state index contributed by atoms with van der Waals surface area (Å²) in [5.74, 6) is 0. The Morgan fingerprint density at radius 1 is 1.25 bits per heavy atom. The molecular weight excluding hydrogens is 246 g/mol. The van der Waals surface area contributed by atoms with E-state index in [0.717, 1.165) is 25.3 Å². The topological polar surface area (TPSA) is 28.2 Å². The molecule has 0 spiro atoms. The molecule has 0 unspecified atom stereocenters. The first kappa shape index (κ1) is 17.1. The molecule has 0 aliphatic carbocycles. The van der Waals surface area contributed by atoms with E-state index in [1.807, 2.05) is 6.20 Å². The van der Waals surface area contributed by atoms with Gasteiger partial charge in [-0.3, -0.25) is 9.88 Å². The van der Waals surface area contributed by atoms with Gasteiger partial charge in [0.2, 0.25) is 0 Å². The summed E-state index contributed by atoms with van der Waals surface area (Å²) < 4.78 is 0. The van der Waals surface area contributed by atoms with Crippen molar-refractivity contribution in [2.75, 3.05) is 6.54 Å². The number of hydrogen-bond acceptors (Lipinski definition) is 3. The number of pyridine rings is 1. The summed E-state index contributed by atoms with van der Waals surface area (Å²) in [4.78, 5) is 7.07. The highest BCUT2D eigenvalue weighted by atomic mass is 15.1. The van der Waals surface area contributed by atoms with Crippen molar-refractivity contribution < 1.29 is 0 Å². The second-order valence-corrected chi connectivity index (χ2v) is 6.83. The smallest absolute Gasteiger partial charge is 0.0544 e. The van der Waals surface area contributed by atoms with E-state index < -0.39 is 0 Å². The van der Waals surface area contributed by atoms with Gasteiger partial charge in [-0.05, 0) is 59.2 Å². The Kier molecular flexibility index (Phi) is 6.63. The third-order valence-electron chi connectivity index (χ3n) is 3.32. The molecule has 0 atom stereocenters. The van der Waals surface area contributed by atoms with Gasteiger partial charge in [-0.15, -0.1) is 0 Å². The largest absolute Gasteiger partial charge is 0.308 e. The molecular formula is C17H31N3. The predicted molar refractivity (Wildman–Crippen MR) is 86.7 cm³/mol. The van der Waals surface area contributed by atoms with Crippen molar-refractivity contribution in [1.82, 2.24) is 15.2 Å². The van der Waals surface area contributed by atoms with Crippen molar-refractivity contribution in [3.05, 3.63) is 29.6 Å². The lowest BCUT2D eigenvalue weighted by Crippen LogP contribution is -2.35. The van der Waals surface area contributed by atoms with E-state index in [2.05, 4.69) is 68.9 Å². The van der Waals surface area contributed by atoms with Crippen LogP contribution in [0.1, 0.15) is 59.2 Å². The van der Waals surface area contributed by atoms with E-state index in [9.17, 15) is 0 Å². The van der Waals surface area contributed by atoms with Gasteiger partial charge in [0.15, 0.2) is 0 Å². The Morgan fingerprint density at radius 2 is 1.95 bits per heavy atom. The number of nitrogens with one attached hydrogen (secondary N) is 1. The fourth-order valence-corrected chi connectivity index (χ4v) is 2.04. The molecule has 3 heteroatoms. The van der Waals surface area contributed by atoms with Crippen molar-refractivity contribution in [2.45, 2.75) is 72.6 Å². The lowest BCUT2D eigenvalue weighted by Gasteiger charge is -2.25. The maximum atomic E-state index is 4.60. The molecule has 1 aromatic heterocycles. The van der Waals surface area contributed by atoms with Crippen LogP contribution in [0.25, 0.3) is 0 Å². The summed E-state index contributed by atoms with van der Waals surface area (Å²) in [5, 5.41) is 3.49. The molecule has 0 aliphatic heterocycles. The van der Waals surface area contributed by atoms with E-state index in [-0.39, 0.29) is 5.54 Å². The third kappa shape index (κ3) is 6.49. The summed E-state index contributed by atoms with van der Waals surface area (Å²) >= 11 is 0. The average molecular weight is 277 g/mol. The molecule has 1 heterocycles. The summed E-state index contributed by atoms with van der Waals surface area (Å²) in [7, 11) is 0. The van der Waals surface area contributed by atoms with Gasteiger partial charge in [0.05, 0.1) is 5.69 Å². The molecule has 0 saturated carbocycles. The molecule has 1 aromatic rings. The Labute approximate surface area is 124 Å². The highest BCUT2D eigenvalue weighted by Gasteiger charge is 2.11. The van der Waals surface area contributed by atoms with E-state index in [0.29, 0.717) is 6.04 Å². The van der Waals surface area contributed by atoms with Crippen LogP contribution < -0.4 is 5.32 Å². The van der Waals surface area contributed by atoms with Gasteiger partial charge in [-0.25, -0.2) is 0 Å². The maximum Gasteiger partial charge on any atom is 0.0544 e. The molecule has 114 valence electrons. The van der Waals surface area contributed by atoms with Gasteiger partial charge in [-0.1, -0.05) is 13.0 Å². The van der Waals surface area contributed by atoms with Crippen LogP contribution in [0.2, 0.25) is 0 Å². The fourth-order valence-electron chi connectivity index (χ4n) is 2.04. The number of hydrogen-bond donors (Lipinski definition) is 1. The quantitative estimate of drug-likeness (QED) is 0.825. The molecule has 0 aromatic carbocycles. The van der Waals surface area contributed by atoms with E-state index in [1.165, 1.54) is 12.0 Å². The summed E-state index contributed by atoms with van der Waals surface area (Å²) in [6.45, 7) is 16.2. The van der Waals surface area contributed by atoms with E-state index >= 15 is 0 Å². The standard InChI is InChI=1S/C17H31N3/c1-7-10-20(14(2)3)13-16-9-8-15(11-18-16)12-19-17(4,5)6/h8-9,11,14,19H,7,10,12-13H2,1-6H3. The molecule has 1 N–H and O–H groups in total. The molecule has 0 fully saturated rings. The Morgan fingerprint density at radius 3 is 2.40 bits per heavy atom. The van der Waals surface area contributed by atoms with Crippen molar-refractivity contribution in [3.63, 3.8) is 0 Å². The molecule has 0 amide bonds. The second-order valence-electron chi connectivity index (χ2n) is 6.83. The van der Waals surface area contributed by atoms with Crippen molar-refractivity contribution in [1.29, 1.82) is 0 Å². The molecule has 1 rings (SSSR count). The van der Waals surface area contributed by atoms with Crippen molar-refractivity contribution in [2.24, 2.45) is 0 Å². The van der Waals surface area contributed by atoms with Gasteiger partial charge in [0.25, 0.3) is 0 Å². The second kappa shape index (κ2) is 7.75. The minimum absolute atomic E-state index is 0.147. The van der Waals surface area contributed by atoms with Crippen LogP contribution in [0.15, 0.2) is 18.3 Å². The highest BCUT2D eigenvalue weighted by molar-refractivity contribution is 5.14. The third-order valence-corrected chi connectivity index (χ3v) is 3.32. The average Bonchev–Trinajstić information content (AvgIpc) is 2.36.